The number of ether oxygens (including phenoxy) is 2. The maximum absolute atomic E-state index is 11.8. The molecule has 112 valence electrons. The van der Waals surface area contributed by atoms with E-state index in [-0.39, 0.29) is 6.09 Å². The number of aryl methyl sites for hydroxylation is 1. The van der Waals surface area contributed by atoms with Crippen LogP contribution < -0.4 is 4.74 Å². The predicted octanol–water partition coefficient (Wildman–Crippen LogP) is 4.00. The van der Waals surface area contributed by atoms with Crippen LogP contribution in [0.3, 0.4) is 0 Å². The van der Waals surface area contributed by atoms with E-state index in [2.05, 4.69) is 15.9 Å². The maximum atomic E-state index is 11.8. The summed E-state index contributed by atoms with van der Waals surface area (Å²) >= 11 is 3.41. The molecule has 20 heavy (non-hydrogen) atoms. The first kappa shape index (κ1) is 16.8. The Morgan fingerprint density at radius 2 is 2.00 bits per heavy atom. The van der Waals surface area contributed by atoms with Gasteiger partial charge in [-0.2, -0.15) is 0 Å². The van der Waals surface area contributed by atoms with Gasteiger partial charge in [0.15, 0.2) is 0 Å². The van der Waals surface area contributed by atoms with E-state index in [9.17, 15) is 4.79 Å². The number of carbonyl (C=O) groups is 1. The third-order valence-electron chi connectivity index (χ3n) is 2.53. The van der Waals surface area contributed by atoms with E-state index in [4.69, 9.17) is 9.47 Å². The number of rotatable bonds is 4. The SMILES string of the molecule is Cc1cc(Br)ccc1OCCN(C)C(=O)OC(C)(C)C. The molecule has 0 fully saturated rings. The van der Waals surface area contributed by atoms with Crippen molar-refractivity contribution in [2.24, 2.45) is 0 Å². The highest BCUT2D eigenvalue weighted by Crippen LogP contribution is 2.22. The van der Waals surface area contributed by atoms with Gasteiger partial charge < -0.3 is 14.4 Å². The van der Waals surface area contributed by atoms with E-state index >= 15 is 0 Å². The third-order valence-corrected chi connectivity index (χ3v) is 3.02. The minimum atomic E-state index is -0.478. The number of benzene rings is 1. The van der Waals surface area contributed by atoms with Gasteiger partial charge in [0, 0.05) is 11.5 Å². The molecule has 0 unspecified atom stereocenters. The standard InChI is InChI=1S/C15H22BrNO3/c1-11-10-12(16)6-7-13(11)19-9-8-17(5)14(18)20-15(2,3)4/h6-7,10H,8-9H2,1-5H3. The average Bonchev–Trinajstić information content (AvgIpc) is 2.29. The lowest BCUT2D eigenvalue weighted by Crippen LogP contribution is -2.36. The summed E-state index contributed by atoms with van der Waals surface area (Å²) in [4.78, 5) is 13.3. The highest BCUT2D eigenvalue weighted by molar-refractivity contribution is 9.10. The van der Waals surface area contributed by atoms with E-state index in [0.29, 0.717) is 13.2 Å². The number of hydrogen-bond acceptors (Lipinski definition) is 3. The number of carbonyl (C=O) groups excluding carboxylic acids is 1. The number of nitrogens with zero attached hydrogens (tertiary/aromatic N) is 1. The molecule has 5 heteroatoms. The first-order valence-corrected chi connectivity index (χ1v) is 7.31. The van der Waals surface area contributed by atoms with Gasteiger partial charge in [0.05, 0.1) is 6.54 Å². The summed E-state index contributed by atoms with van der Waals surface area (Å²) in [5.41, 5.74) is 0.577. The Balaban J connectivity index is 2.42. The Morgan fingerprint density at radius 3 is 2.55 bits per heavy atom. The zero-order valence-corrected chi connectivity index (χ0v) is 14.3. The van der Waals surface area contributed by atoms with Gasteiger partial charge >= 0.3 is 6.09 Å². The normalized spacial score (nSPS) is 11.1. The summed E-state index contributed by atoms with van der Waals surface area (Å²) in [6.45, 7) is 8.43. The van der Waals surface area contributed by atoms with Gasteiger partial charge in [-0.3, -0.25) is 0 Å². The van der Waals surface area contributed by atoms with Crippen LogP contribution in [0.5, 0.6) is 5.75 Å². The zero-order valence-electron chi connectivity index (χ0n) is 12.7. The number of amides is 1. The average molecular weight is 344 g/mol. The van der Waals surface area contributed by atoms with Crippen LogP contribution in [-0.4, -0.2) is 36.8 Å². The van der Waals surface area contributed by atoms with Gasteiger partial charge in [0.1, 0.15) is 18.0 Å². The fourth-order valence-electron chi connectivity index (χ4n) is 1.50. The molecule has 0 aliphatic rings. The van der Waals surface area contributed by atoms with Gasteiger partial charge in [-0.1, -0.05) is 15.9 Å². The molecule has 0 atom stereocenters. The van der Waals surface area contributed by atoms with Crippen LogP contribution in [0.1, 0.15) is 26.3 Å². The molecule has 1 aromatic rings. The Labute approximate surface area is 129 Å². The summed E-state index contributed by atoms with van der Waals surface area (Å²) in [7, 11) is 1.70. The lowest BCUT2D eigenvalue weighted by molar-refractivity contribution is 0.0278. The van der Waals surface area contributed by atoms with Gasteiger partial charge in [-0.15, -0.1) is 0 Å². The quantitative estimate of drug-likeness (QED) is 0.829. The van der Waals surface area contributed by atoms with Gasteiger partial charge in [0.2, 0.25) is 0 Å². The first-order valence-electron chi connectivity index (χ1n) is 6.52. The van der Waals surface area contributed by atoms with Gasteiger partial charge in [-0.25, -0.2) is 4.79 Å². The minimum Gasteiger partial charge on any atom is -0.491 e. The van der Waals surface area contributed by atoms with E-state index in [1.807, 2.05) is 45.9 Å². The molecule has 1 aromatic carbocycles. The lowest BCUT2D eigenvalue weighted by Gasteiger charge is -2.24. The second-order valence-electron chi connectivity index (χ2n) is 5.66. The molecule has 0 bridgehead atoms. The lowest BCUT2D eigenvalue weighted by atomic mass is 10.2. The molecule has 0 saturated carbocycles. The Bertz CT molecular complexity index is 469. The monoisotopic (exact) mass is 343 g/mol. The topological polar surface area (TPSA) is 38.8 Å². The van der Waals surface area contributed by atoms with Gasteiger partial charge in [0.25, 0.3) is 0 Å². The van der Waals surface area contributed by atoms with E-state index in [1.54, 1.807) is 7.05 Å². The largest absolute Gasteiger partial charge is 0.491 e. The van der Waals surface area contributed by atoms with Crippen LogP contribution in [0.25, 0.3) is 0 Å². The Hall–Kier alpha value is -1.23. The van der Waals surface area contributed by atoms with Crippen molar-refractivity contribution in [3.05, 3.63) is 28.2 Å². The molecule has 0 radical (unpaired) electrons. The smallest absolute Gasteiger partial charge is 0.410 e. The van der Waals surface area contributed by atoms with Gasteiger partial charge in [-0.05, 0) is 51.5 Å². The molecule has 0 aliphatic heterocycles. The van der Waals surface area contributed by atoms with Crippen LogP contribution >= 0.6 is 15.9 Å². The molecule has 0 N–H and O–H groups in total. The zero-order chi connectivity index (χ0) is 15.3. The Morgan fingerprint density at radius 1 is 1.35 bits per heavy atom. The first-order chi connectivity index (χ1) is 9.19. The summed E-state index contributed by atoms with van der Waals surface area (Å²) in [5.74, 6) is 0.825. The molecule has 4 nitrogen and oxygen atoms in total. The minimum absolute atomic E-state index is 0.339. The highest BCUT2D eigenvalue weighted by Gasteiger charge is 2.19. The van der Waals surface area contributed by atoms with Crippen molar-refractivity contribution in [1.82, 2.24) is 4.90 Å². The van der Waals surface area contributed by atoms with Crippen molar-refractivity contribution in [2.75, 3.05) is 20.2 Å². The molecule has 0 heterocycles. The second kappa shape index (κ2) is 6.97. The van der Waals surface area contributed by atoms with Crippen molar-refractivity contribution in [3.8, 4) is 5.75 Å². The fourth-order valence-corrected chi connectivity index (χ4v) is 1.97. The molecule has 0 aliphatic carbocycles. The van der Waals surface area contributed by atoms with Crippen LogP contribution in [0, 0.1) is 6.92 Å². The predicted molar refractivity (Wildman–Crippen MR) is 83.2 cm³/mol. The number of likely N-dealkylation sites (N-methyl/N-ethyl adjacent to an activating group) is 1. The second-order valence-corrected chi connectivity index (χ2v) is 6.58. The maximum Gasteiger partial charge on any atom is 0.410 e. The van der Waals surface area contributed by atoms with Crippen molar-refractivity contribution >= 4 is 22.0 Å². The van der Waals surface area contributed by atoms with Crippen LogP contribution in [0.2, 0.25) is 0 Å². The molecule has 0 aromatic heterocycles. The number of halogens is 1. The van der Waals surface area contributed by atoms with Crippen LogP contribution in [0.4, 0.5) is 4.79 Å². The van der Waals surface area contributed by atoms with Crippen molar-refractivity contribution < 1.29 is 14.3 Å². The van der Waals surface area contributed by atoms with E-state index < -0.39 is 5.60 Å². The molecule has 0 saturated heterocycles. The molecule has 1 amide bonds. The Kier molecular flexibility index (Phi) is 5.87. The summed E-state index contributed by atoms with van der Waals surface area (Å²) in [6.07, 6.45) is -0.339. The van der Waals surface area contributed by atoms with Crippen molar-refractivity contribution in [2.45, 2.75) is 33.3 Å². The summed E-state index contributed by atoms with van der Waals surface area (Å²) in [6, 6.07) is 5.83. The summed E-state index contributed by atoms with van der Waals surface area (Å²) < 4.78 is 12.0. The molecule has 1 rings (SSSR count). The van der Waals surface area contributed by atoms with Crippen molar-refractivity contribution in [1.29, 1.82) is 0 Å². The molecule has 0 spiro atoms. The van der Waals surface area contributed by atoms with E-state index in [1.165, 1.54) is 4.90 Å². The number of hydrogen-bond donors (Lipinski definition) is 0. The van der Waals surface area contributed by atoms with Crippen LogP contribution in [0.15, 0.2) is 22.7 Å². The van der Waals surface area contributed by atoms with Crippen LogP contribution in [-0.2, 0) is 4.74 Å². The molecular weight excluding hydrogens is 322 g/mol. The van der Waals surface area contributed by atoms with Crippen molar-refractivity contribution in [3.63, 3.8) is 0 Å². The summed E-state index contributed by atoms with van der Waals surface area (Å²) in [5, 5.41) is 0. The highest BCUT2D eigenvalue weighted by atomic mass is 79.9. The fraction of sp³-hybridized carbons (Fsp3) is 0.533. The third kappa shape index (κ3) is 5.82. The molecular formula is C15H22BrNO3. The van der Waals surface area contributed by atoms with E-state index in [0.717, 1.165) is 15.8 Å².